The molecule has 9 heteroatoms. The minimum Gasteiger partial charge on any atom is -0.493 e. The van der Waals surface area contributed by atoms with Gasteiger partial charge < -0.3 is 25.3 Å². The largest absolute Gasteiger partial charge is 0.493 e. The number of nitrogens with one attached hydrogen (secondary N) is 1. The van der Waals surface area contributed by atoms with Crippen molar-refractivity contribution in [3.05, 3.63) is 35.2 Å². The summed E-state index contributed by atoms with van der Waals surface area (Å²) in [5.41, 5.74) is 9.88. The Morgan fingerprint density at radius 2 is 1.89 bits per heavy atom. The van der Waals surface area contributed by atoms with Crippen LogP contribution in [0.2, 0.25) is 0 Å². The zero-order chi connectivity index (χ0) is 19.1. The van der Waals surface area contributed by atoms with Crippen molar-refractivity contribution in [1.29, 1.82) is 0 Å². The number of rotatable bonds is 8. The highest BCUT2D eigenvalue weighted by Gasteiger charge is 2.11. The Bertz CT molecular complexity index is 777. The average molecular weight is 489 g/mol. The van der Waals surface area contributed by atoms with Crippen molar-refractivity contribution >= 4 is 35.6 Å². The van der Waals surface area contributed by atoms with E-state index in [4.69, 9.17) is 19.9 Å². The summed E-state index contributed by atoms with van der Waals surface area (Å²) in [7, 11) is 4.86. The smallest absolute Gasteiger partial charge is 0.193 e. The van der Waals surface area contributed by atoms with E-state index in [0.29, 0.717) is 37.2 Å². The summed E-state index contributed by atoms with van der Waals surface area (Å²) in [5, 5.41) is 7.59. The molecule has 0 spiro atoms. The molecule has 2 aromatic rings. The third-order valence-electron chi connectivity index (χ3n) is 4.10. The Morgan fingerprint density at radius 1 is 1.19 bits per heavy atom. The summed E-state index contributed by atoms with van der Waals surface area (Å²) in [6, 6.07) is 5.46. The standard InChI is InChI=1S/C18H27N5O3.HI/c1-12-15(13(2)23(22-12)8-9-24-3)11-20-18(19)21-14-6-7-16(25-4)17(10-14)26-5;/h6-7,10H,8-9,11H2,1-5H3,(H3,19,20,21);1H. The summed E-state index contributed by atoms with van der Waals surface area (Å²) in [5.74, 6) is 1.60. The number of aliphatic imine (C=N–C) groups is 1. The molecular formula is C18H28IN5O3. The lowest BCUT2D eigenvalue weighted by Gasteiger charge is -2.11. The van der Waals surface area contributed by atoms with Crippen LogP contribution in [0.15, 0.2) is 23.2 Å². The van der Waals surface area contributed by atoms with Gasteiger partial charge in [-0.05, 0) is 26.0 Å². The molecule has 1 aromatic heterocycles. The van der Waals surface area contributed by atoms with E-state index >= 15 is 0 Å². The maximum absolute atomic E-state index is 6.02. The fraction of sp³-hybridized carbons (Fsp3) is 0.444. The van der Waals surface area contributed by atoms with Crippen molar-refractivity contribution in [2.45, 2.75) is 26.9 Å². The minimum atomic E-state index is 0. The third-order valence-corrected chi connectivity index (χ3v) is 4.10. The SMILES string of the molecule is COCCn1nc(C)c(CN=C(N)Nc2ccc(OC)c(OC)c2)c1C.I. The molecule has 0 bridgehead atoms. The average Bonchev–Trinajstić information content (AvgIpc) is 2.91. The molecule has 0 unspecified atom stereocenters. The first-order valence-corrected chi connectivity index (χ1v) is 8.31. The summed E-state index contributed by atoms with van der Waals surface area (Å²) in [6.07, 6.45) is 0. The predicted octanol–water partition coefficient (Wildman–Crippen LogP) is 2.71. The van der Waals surface area contributed by atoms with Crippen LogP contribution < -0.4 is 20.5 Å². The van der Waals surface area contributed by atoms with Gasteiger partial charge in [0.25, 0.3) is 0 Å². The van der Waals surface area contributed by atoms with Crippen LogP contribution in [0.25, 0.3) is 0 Å². The number of aromatic nitrogens is 2. The van der Waals surface area contributed by atoms with Gasteiger partial charge in [-0.15, -0.1) is 24.0 Å². The molecule has 0 aliphatic carbocycles. The van der Waals surface area contributed by atoms with Gasteiger partial charge in [0.2, 0.25) is 0 Å². The Balaban J connectivity index is 0.00000364. The predicted molar refractivity (Wildman–Crippen MR) is 117 cm³/mol. The number of hydrogen-bond donors (Lipinski definition) is 2. The van der Waals surface area contributed by atoms with E-state index in [1.165, 1.54) is 0 Å². The molecule has 2 rings (SSSR count). The first kappa shape index (κ1) is 23.0. The molecule has 0 fully saturated rings. The van der Waals surface area contributed by atoms with Gasteiger partial charge in [-0.2, -0.15) is 5.10 Å². The molecule has 0 aliphatic heterocycles. The van der Waals surface area contributed by atoms with Crippen LogP contribution in [0.5, 0.6) is 11.5 Å². The lowest BCUT2D eigenvalue weighted by Crippen LogP contribution is -2.22. The molecule has 0 radical (unpaired) electrons. The second-order valence-electron chi connectivity index (χ2n) is 5.76. The number of guanidine groups is 1. The number of methoxy groups -OCH3 is 3. The molecule has 3 N–H and O–H groups in total. The van der Waals surface area contributed by atoms with Crippen molar-refractivity contribution in [2.24, 2.45) is 10.7 Å². The fourth-order valence-electron chi connectivity index (χ4n) is 2.62. The monoisotopic (exact) mass is 489 g/mol. The number of anilines is 1. The van der Waals surface area contributed by atoms with Crippen LogP contribution in [0.4, 0.5) is 5.69 Å². The first-order chi connectivity index (χ1) is 12.5. The number of hydrogen-bond acceptors (Lipinski definition) is 5. The van der Waals surface area contributed by atoms with Crippen molar-refractivity contribution in [3.8, 4) is 11.5 Å². The Morgan fingerprint density at radius 3 is 2.52 bits per heavy atom. The summed E-state index contributed by atoms with van der Waals surface area (Å²) in [6.45, 7) is 5.79. The van der Waals surface area contributed by atoms with E-state index < -0.39 is 0 Å². The normalized spacial score (nSPS) is 11.1. The van der Waals surface area contributed by atoms with E-state index in [1.807, 2.05) is 30.7 Å². The van der Waals surface area contributed by atoms with Crippen molar-refractivity contribution < 1.29 is 14.2 Å². The quantitative estimate of drug-likeness (QED) is 0.337. The summed E-state index contributed by atoms with van der Waals surface area (Å²) < 4.78 is 17.6. The highest BCUT2D eigenvalue weighted by Crippen LogP contribution is 2.29. The molecule has 8 nitrogen and oxygen atoms in total. The van der Waals surface area contributed by atoms with Crippen LogP contribution in [0.3, 0.4) is 0 Å². The van der Waals surface area contributed by atoms with Crippen molar-refractivity contribution in [2.75, 3.05) is 33.3 Å². The van der Waals surface area contributed by atoms with Gasteiger partial charge in [-0.1, -0.05) is 0 Å². The molecule has 1 heterocycles. The van der Waals surface area contributed by atoms with E-state index in [1.54, 1.807) is 27.4 Å². The van der Waals surface area contributed by atoms with Crippen molar-refractivity contribution in [3.63, 3.8) is 0 Å². The molecule has 150 valence electrons. The second-order valence-corrected chi connectivity index (χ2v) is 5.76. The Kier molecular flexibility index (Phi) is 9.36. The van der Waals surface area contributed by atoms with E-state index in [0.717, 1.165) is 22.6 Å². The number of nitrogens with zero attached hydrogens (tertiary/aromatic N) is 3. The van der Waals surface area contributed by atoms with Gasteiger partial charge in [0.05, 0.1) is 39.6 Å². The molecule has 27 heavy (non-hydrogen) atoms. The van der Waals surface area contributed by atoms with E-state index in [9.17, 15) is 0 Å². The molecule has 1 aromatic carbocycles. The van der Waals surface area contributed by atoms with Gasteiger partial charge in [0.15, 0.2) is 17.5 Å². The van der Waals surface area contributed by atoms with Gasteiger partial charge >= 0.3 is 0 Å². The molecule has 0 saturated carbocycles. The number of halogens is 1. The number of ether oxygens (including phenoxy) is 3. The number of aryl methyl sites for hydroxylation is 1. The van der Waals surface area contributed by atoms with Crippen LogP contribution >= 0.6 is 24.0 Å². The first-order valence-electron chi connectivity index (χ1n) is 8.31. The highest BCUT2D eigenvalue weighted by atomic mass is 127. The van der Waals surface area contributed by atoms with Gasteiger partial charge in [-0.25, -0.2) is 4.99 Å². The maximum atomic E-state index is 6.02. The molecule has 0 amide bonds. The lowest BCUT2D eigenvalue weighted by molar-refractivity contribution is 0.182. The second kappa shape index (κ2) is 11.0. The Hall–Kier alpha value is -2.01. The lowest BCUT2D eigenvalue weighted by atomic mass is 10.2. The zero-order valence-corrected chi connectivity index (χ0v) is 18.7. The molecule has 0 aliphatic rings. The van der Waals surface area contributed by atoms with Crippen LogP contribution in [0.1, 0.15) is 17.0 Å². The number of nitrogens with two attached hydrogens (primary N) is 1. The van der Waals surface area contributed by atoms with Crippen molar-refractivity contribution in [1.82, 2.24) is 9.78 Å². The molecular weight excluding hydrogens is 461 g/mol. The highest BCUT2D eigenvalue weighted by molar-refractivity contribution is 14.0. The minimum absolute atomic E-state index is 0. The van der Waals surface area contributed by atoms with Gasteiger partial charge in [0, 0.05) is 30.1 Å². The topological polar surface area (TPSA) is 95.9 Å². The van der Waals surface area contributed by atoms with Gasteiger partial charge in [-0.3, -0.25) is 4.68 Å². The summed E-state index contributed by atoms with van der Waals surface area (Å²) >= 11 is 0. The molecule has 0 saturated heterocycles. The summed E-state index contributed by atoms with van der Waals surface area (Å²) in [4.78, 5) is 4.43. The fourth-order valence-corrected chi connectivity index (χ4v) is 2.62. The van der Waals surface area contributed by atoms with Gasteiger partial charge in [0.1, 0.15) is 0 Å². The number of benzene rings is 1. The van der Waals surface area contributed by atoms with E-state index in [2.05, 4.69) is 15.4 Å². The third kappa shape index (κ3) is 5.99. The molecule has 0 atom stereocenters. The van der Waals surface area contributed by atoms with Crippen LogP contribution in [0, 0.1) is 13.8 Å². The van der Waals surface area contributed by atoms with E-state index in [-0.39, 0.29) is 24.0 Å². The zero-order valence-electron chi connectivity index (χ0n) is 16.4. The van der Waals surface area contributed by atoms with Crippen LogP contribution in [-0.4, -0.2) is 43.7 Å². The van der Waals surface area contributed by atoms with Crippen LogP contribution in [-0.2, 0) is 17.8 Å². The maximum Gasteiger partial charge on any atom is 0.193 e. The Labute approximate surface area is 177 Å².